The molecule has 0 aliphatic heterocycles. The lowest BCUT2D eigenvalue weighted by Crippen LogP contribution is -2.11. The van der Waals surface area contributed by atoms with E-state index in [1.807, 2.05) is 24.3 Å². The molecule has 2 heterocycles. The Labute approximate surface area is 353 Å². The molecule has 3 heteroatoms. The minimum absolute atomic E-state index is 0.898. The van der Waals surface area contributed by atoms with Gasteiger partial charge < -0.3 is 13.7 Å². The molecule has 286 valence electrons. The molecule has 0 saturated heterocycles. The molecule has 0 spiro atoms. The molecule has 0 fully saturated rings. The van der Waals surface area contributed by atoms with Crippen molar-refractivity contribution in [3.8, 4) is 44.5 Å². The van der Waals surface area contributed by atoms with Gasteiger partial charge in [0.05, 0.1) is 5.69 Å². The third kappa shape index (κ3) is 5.98. The number of para-hydroxylation sites is 3. The van der Waals surface area contributed by atoms with Crippen molar-refractivity contribution in [1.82, 2.24) is 0 Å². The van der Waals surface area contributed by atoms with Crippen LogP contribution in [0.3, 0.4) is 0 Å². The summed E-state index contributed by atoms with van der Waals surface area (Å²) < 4.78 is 12.3. The Hall–Kier alpha value is -8.14. The number of anilines is 3. The van der Waals surface area contributed by atoms with Crippen LogP contribution in [0.5, 0.6) is 0 Å². The second kappa shape index (κ2) is 14.3. The highest BCUT2D eigenvalue weighted by Gasteiger charge is 2.20. The van der Waals surface area contributed by atoms with Gasteiger partial charge >= 0.3 is 0 Å². The van der Waals surface area contributed by atoms with E-state index in [-0.39, 0.29) is 0 Å². The lowest BCUT2D eigenvalue weighted by molar-refractivity contribution is 0.668. The number of fused-ring (bicyclic) bond motifs is 7. The van der Waals surface area contributed by atoms with Gasteiger partial charge in [-0.2, -0.15) is 0 Å². The van der Waals surface area contributed by atoms with Crippen molar-refractivity contribution in [2.24, 2.45) is 0 Å². The van der Waals surface area contributed by atoms with Gasteiger partial charge in [-0.05, 0) is 116 Å². The number of furan rings is 2. The first kappa shape index (κ1) is 34.9. The lowest BCUT2D eigenvalue weighted by Gasteiger charge is -2.29. The van der Waals surface area contributed by atoms with Gasteiger partial charge in [0.2, 0.25) is 0 Å². The first-order valence-corrected chi connectivity index (χ1v) is 20.7. The summed E-state index contributed by atoms with van der Waals surface area (Å²) in [6, 6.07) is 80.2. The molecular formula is C58H37NO2. The van der Waals surface area contributed by atoms with Gasteiger partial charge in [-0.1, -0.05) is 158 Å². The second-order valence-corrected chi connectivity index (χ2v) is 15.6. The summed E-state index contributed by atoms with van der Waals surface area (Å²) in [5.41, 5.74) is 16.2. The topological polar surface area (TPSA) is 29.5 Å². The highest BCUT2D eigenvalue weighted by molar-refractivity contribution is 6.10. The number of rotatable bonds is 7. The van der Waals surface area contributed by atoms with E-state index in [4.69, 9.17) is 8.83 Å². The maximum atomic E-state index is 6.16. The molecule has 0 unspecified atom stereocenters. The van der Waals surface area contributed by atoms with Crippen molar-refractivity contribution in [2.75, 3.05) is 4.90 Å². The Bertz CT molecular complexity index is 3420. The minimum Gasteiger partial charge on any atom is -0.456 e. The largest absolute Gasteiger partial charge is 0.456 e. The van der Waals surface area contributed by atoms with Gasteiger partial charge in [-0.25, -0.2) is 0 Å². The molecular weight excluding hydrogens is 743 g/mol. The Morgan fingerprint density at radius 3 is 1.33 bits per heavy atom. The summed E-state index contributed by atoms with van der Waals surface area (Å²) in [6.07, 6.45) is 0. The summed E-state index contributed by atoms with van der Waals surface area (Å²) in [7, 11) is 0. The minimum atomic E-state index is 0.898. The first-order chi connectivity index (χ1) is 30.2. The fourth-order valence-corrected chi connectivity index (χ4v) is 9.16. The zero-order valence-electron chi connectivity index (χ0n) is 33.1. The van der Waals surface area contributed by atoms with Crippen molar-refractivity contribution in [2.45, 2.75) is 0 Å². The second-order valence-electron chi connectivity index (χ2n) is 15.6. The SMILES string of the molecule is c1ccc(-c2cccc3cccc(-c4ccccc4N(c4ccc(-c5ccc6oc7ccccc7c6c5)cc4)c4ccc(-c5ccc6oc7ccccc7c6c5)cc4)c23)cc1. The van der Waals surface area contributed by atoms with Crippen molar-refractivity contribution < 1.29 is 8.83 Å². The summed E-state index contributed by atoms with van der Waals surface area (Å²) >= 11 is 0. The van der Waals surface area contributed by atoms with Gasteiger partial charge in [0.1, 0.15) is 22.3 Å². The van der Waals surface area contributed by atoms with Crippen LogP contribution in [-0.4, -0.2) is 0 Å². The number of benzene rings is 10. The van der Waals surface area contributed by atoms with E-state index in [0.29, 0.717) is 0 Å². The molecule has 0 radical (unpaired) electrons. The quantitative estimate of drug-likeness (QED) is 0.161. The van der Waals surface area contributed by atoms with Gasteiger partial charge in [0.15, 0.2) is 0 Å². The number of hydrogen-bond acceptors (Lipinski definition) is 3. The molecule has 0 amide bonds. The lowest BCUT2D eigenvalue weighted by atomic mass is 9.90. The van der Waals surface area contributed by atoms with Crippen LogP contribution < -0.4 is 4.90 Å². The summed E-state index contributed by atoms with van der Waals surface area (Å²) in [4.78, 5) is 2.40. The Morgan fingerprint density at radius 1 is 0.279 bits per heavy atom. The van der Waals surface area contributed by atoms with Crippen molar-refractivity contribution in [1.29, 1.82) is 0 Å². The van der Waals surface area contributed by atoms with Crippen LogP contribution in [0, 0.1) is 0 Å². The fourth-order valence-electron chi connectivity index (χ4n) is 9.16. The van der Waals surface area contributed by atoms with Gasteiger partial charge in [-0.3, -0.25) is 0 Å². The van der Waals surface area contributed by atoms with E-state index in [1.165, 1.54) is 27.5 Å². The molecule has 0 N–H and O–H groups in total. The molecule has 0 aliphatic carbocycles. The molecule has 0 aliphatic rings. The highest BCUT2D eigenvalue weighted by atomic mass is 16.3. The maximum absolute atomic E-state index is 6.16. The summed E-state index contributed by atoms with van der Waals surface area (Å²) in [5.74, 6) is 0. The van der Waals surface area contributed by atoms with Gasteiger partial charge in [0.25, 0.3) is 0 Å². The third-order valence-electron chi connectivity index (χ3n) is 12.1. The third-order valence-corrected chi connectivity index (χ3v) is 12.1. The standard InChI is InChI=1S/C58H37NO2/c1-2-12-40(13-3-1)46-19-10-14-41-15-11-20-50(58(41)46)47-16-4-7-21-53(47)59(44-30-24-38(25-31-44)42-28-34-56-51(36-42)48-17-5-8-22-54(48)60-56)45-32-26-39(27-33-45)43-29-35-57-52(37-43)49-18-6-9-23-55(49)61-57/h1-37H. The van der Waals surface area contributed by atoms with Gasteiger partial charge in [0, 0.05) is 38.5 Å². The predicted molar refractivity (Wildman–Crippen MR) is 255 cm³/mol. The maximum Gasteiger partial charge on any atom is 0.135 e. The van der Waals surface area contributed by atoms with Crippen molar-refractivity contribution in [3.63, 3.8) is 0 Å². The average Bonchev–Trinajstić information content (AvgIpc) is 3.90. The first-order valence-electron chi connectivity index (χ1n) is 20.7. The van der Waals surface area contributed by atoms with E-state index >= 15 is 0 Å². The van der Waals surface area contributed by atoms with E-state index < -0.39 is 0 Å². The zero-order valence-corrected chi connectivity index (χ0v) is 33.1. The molecule has 61 heavy (non-hydrogen) atoms. The monoisotopic (exact) mass is 779 g/mol. The van der Waals surface area contributed by atoms with Crippen molar-refractivity contribution in [3.05, 3.63) is 224 Å². The molecule has 0 atom stereocenters. The highest BCUT2D eigenvalue weighted by Crippen LogP contribution is 2.45. The molecule has 0 bridgehead atoms. The Kier molecular flexibility index (Phi) is 8.17. The van der Waals surface area contributed by atoms with Gasteiger partial charge in [-0.15, -0.1) is 0 Å². The normalized spacial score (nSPS) is 11.6. The van der Waals surface area contributed by atoms with Crippen LogP contribution >= 0.6 is 0 Å². The van der Waals surface area contributed by atoms with Crippen LogP contribution in [0.2, 0.25) is 0 Å². The van der Waals surface area contributed by atoms with E-state index in [1.54, 1.807) is 0 Å². The van der Waals surface area contributed by atoms with Crippen molar-refractivity contribution >= 4 is 71.7 Å². The molecule has 2 aromatic heterocycles. The smallest absolute Gasteiger partial charge is 0.135 e. The Balaban J connectivity index is 1.00. The summed E-state index contributed by atoms with van der Waals surface area (Å²) in [6.45, 7) is 0. The van der Waals surface area contributed by atoms with Crippen LogP contribution in [-0.2, 0) is 0 Å². The molecule has 3 nitrogen and oxygen atoms in total. The van der Waals surface area contributed by atoms with E-state index in [0.717, 1.165) is 88.8 Å². The molecule has 12 rings (SSSR count). The van der Waals surface area contributed by atoms with E-state index in [2.05, 4.69) is 205 Å². The molecule has 0 saturated carbocycles. The van der Waals surface area contributed by atoms with Crippen LogP contribution in [0.4, 0.5) is 17.1 Å². The average molecular weight is 780 g/mol. The van der Waals surface area contributed by atoms with Crippen LogP contribution in [0.25, 0.3) is 99.2 Å². The van der Waals surface area contributed by atoms with Crippen LogP contribution in [0.1, 0.15) is 0 Å². The molecule has 10 aromatic carbocycles. The van der Waals surface area contributed by atoms with E-state index in [9.17, 15) is 0 Å². The van der Waals surface area contributed by atoms with Crippen LogP contribution in [0.15, 0.2) is 233 Å². The number of hydrogen-bond donors (Lipinski definition) is 0. The fraction of sp³-hybridized carbons (Fsp3) is 0. The molecule has 12 aromatic rings. The number of nitrogens with zero attached hydrogens (tertiary/aromatic N) is 1. The zero-order chi connectivity index (χ0) is 40.3. The Morgan fingerprint density at radius 2 is 0.738 bits per heavy atom. The summed E-state index contributed by atoms with van der Waals surface area (Å²) in [5, 5.41) is 6.95. The predicted octanol–water partition coefficient (Wildman–Crippen LogP) is 16.8.